The maximum Gasteiger partial charge on any atom is 0.254 e. The van der Waals surface area contributed by atoms with E-state index in [1.807, 2.05) is 34.8 Å². The number of carbonyl (C=O) groups excluding carboxylic acids is 1. The number of carbonyl (C=O) groups is 1. The van der Waals surface area contributed by atoms with E-state index >= 15 is 0 Å². The highest BCUT2D eigenvalue weighted by molar-refractivity contribution is 6.06. The quantitative estimate of drug-likeness (QED) is 0.673. The molecule has 0 aliphatic heterocycles. The van der Waals surface area contributed by atoms with Crippen LogP contribution in [0.3, 0.4) is 0 Å². The number of pyridine rings is 1. The van der Waals surface area contributed by atoms with Gasteiger partial charge in [0.25, 0.3) is 5.91 Å². The monoisotopic (exact) mass is 362 g/mol. The molecule has 27 heavy (non-hydrogen) atoms. The predicted molar refractivity (Wildman–Crippen MR) is 108 cm³/mol. The van der Waals surface area contributed by atoms with Gasteiger partial charge in [-0.2, -0.15) is 5.10 Å². The number of nitrogens with zero attached hydrogens (tertiary/aromatic N) is 4. The minimum atomic E-state index is 0.0486. The van der Waals surface area contributed by atoms with Crippen molar-refractivity contribution in [3.63, 3.8) is 0 Å². The normalized spacial score (nSPS) is 14.1. The summed E-state index contributed by atoms with van der Waals surface area (Å²) in [7, 11) is 1.90. The van der Waals surface area contributed by atoms with Crippen molar-refractivity contribution < 1.29 is 4.79 Å². The van der Waals surface area contributed by atoms with Crippen LogP contribution in [0.5, 0.6) is 0 Å². The lowest BCUT2D eigenvalue weighted by atomic mass is 10.0. The second kappa shape index (κ2) is 6.80. The Balaban J connectivity index is 1.88. The van der Waals surface area contributed by atoms with Gasteiger partial charge in [0, 0.05) is 25.2 Å². The van der Waals surface area contributed by atoms with Gasteiger partial charge in [-0.15, -0.1) is 0 Å². The summed E-state index contributed by atoms with van der Waals surface area (Å²) in [6.07, 6.45) is 4.23. The van der Waals surface area contributed by atoms with Gasteiger partial charge in [0.2, 0.25) is 0 Å². The van der Waals surface area contributed by atoms with Crippen molar-refractivity contribution in [2.24, 2.45) is 5.92 Å². The van der Waals surface area contributed by atoms with Crippen molar-refractivity contribution in [1.82, 2.24) is 19.7 Å². The summed E-state index contributed by atoms with van der Waals surface area (Å²) in [5.41, 5.74) is 4.48. The molecule has 1 amide bonds. The lowest BCUT2D eigenvalue weighted by Crippen LogP contribution is -2.29. The second-order valence-corrected chi connectivity index (χ2v) is 7.92. The van der Waals surface area contributed by atoms with E-state index in [0.717, 1.165) is 34.4 Å². The fourth-order valence-electron chi connectivity index (χ4n) is 3.55. The molecule has 0 unspecified atom stereocenters. The molecular formula is C22H26N4O. The Labute approximate surface area is 160 Å². The van der Waals surface area contributed by atoms with Gasteiger partial charge in [0.1, 0.15) is 0 Å². The van der Waals surface area contributed by atoms with Gasteiger partial charge in [-0.05, 0) is 51.2 Å². The third kappa shape index (κ3) is 3.34. The van der Waals surface area contributed by atoms with Crippen LogP contribution >= 0.6 is 0 Å². The first-order valence-electron chi connectivity index (χ1n) is 9.65. The van der Waals surface area contributed by atoms with E-state index in [-0.39, 0.29) is 11.9 Å². The first kappa shape index (κ1) is 17.7. The van der Waals surface area contributed by atoms with Crippen molar-refractivity contribution in [2.45, 2.75) is 39.7 Å². The Hall–Kier alpha value is -2.69. The summed E-state index contributed by atoms with van der Waals surface area (Å²) in [6, 6.07) is 10.3. The highest BCUT2D eigenvalue weighted by Crippen LogP contribution is 2.31. The second-order valence-electron chi connectivity index (χ2n) is 7.92. The molecule has 1 aromatic carbocycles. The Morgan fingerprint density at radius 1 is 1.30 bits per heavy atom. The molecule has 4 rings (SSSR count). The zero-order valence-electron chi connectivity index (χ0n) is 16.4. The molecule has 0 atom stereocenters. The fourth-order valence-corrected chi connectivity index (χ4v) is 3.55. The molecule has 1 aliphatic carbocycles. The maximum absolute atomic E-state index is 13.2. The fraction of sp³-hybridized carbons (Fsp3) is 0.409. The zero-order chi connectivity index (χ0) is 19.1. The van der Waals surface area contributed by atoms with Crippen LogP contribution in [0, 0.1) is 12.8 Å². The molecule has 5 heteroatoms. The Bertz CT molecular complexity index is 1000. The van der Waals surface area contributed by atoms with Gasteiger partial charge in [-0.25, -0.2) is 9.67 Å². The van der Waals surface area contributed by atoms with Crippen LogP contribution in [0.1, 0.15) is 48.7 Å². The first-order valence-corrected chi connectivity index (χ1v) is 9.65. The van der Waals surface area contributed by atoms with Gasteiger partial charge in [-0.3, -0.25) is 4.79 Å². The Morgan fingerprint density at radius 2 is 2.04 bits per heavy atom. The molecule has 0 N–H and O–H groups in total. The number of amides is 1. The SMILES string of the molecule is Cc1ccccc1-c1cc(C(=O)N(C)CC2CC2)c2cnn(C(C)C)c2n1. The molecule has 2 aromatic heterocycles. The average molecular weight is 362 g/mol. The lowest BCUT2D eigenvalue weighted by molar-refractivity contribution is 0.0790. The van der Waals surface area contributed by atoms with Crippen LogP contribution in [-0.4, -0.2) is 39.2 Å². The van der Waals surface area contributed by atoms with Crippen molar-refractivity contribution in [3.05, 3.63) is 47.7 Å². The average Bonchev–Trinajstić information content (AvgIpc) is 3.35. The molecule has 140 valence electrons. The van der Waals surface area contributed by atoms with Crippen LogP contribution in [0.4, 0.5) is 0 Å². The number of hydrogen-bond donors (Lipinski definition) is 0. The number of benzene rings is 1. The summed E-state index contributed by atoms with van der Waals surface area (Å²) < 4.78 is 1.90. The van der Waals surface area contributed by atoms with Crippen LogP contribution < -0.4 is 0 Å². The largest absolute Gasteiger partial charge is 0.341 e. The minimum absolute atomic E-state index is 0.0486. The third-order valence-electron chi connectivity index (χ3n) is 5.28. The number of fused-ring (bicyclic) bond motifs is 1. The first-order chi connectivity index (χ1) is 13.0. The van der Waals surface area contributed by atoms with Crippen molar-refractivity contribution in [3.8, 4) is 11.3 Å². The summed E-state index contributed by atoms with van der Waals surface area (Å²) in [5, 5.41) is 5.34. The number of aromatic nitrogens is 3. The van der Waals surface area contributed by atoms with E-state index in [1.165, 1.54) is 12.8 Å². The summed E-state index contributed by atoms with van der Waals surface area (Å²) in [5.74, 6) is 0.706. The summed E-state index contributed by atoms with van der Waals surface area (Å²) in [4.78, 5) is 20.0. The maximum atomic E-state index is 13.2. The summed E-state index contributed by atoms with van der Waals surface area (Å²) in [6.45, 7) is 7.05. The predicted octanol–water partition coefficient (Wildman–Crippen LogP) is 4.47. The molecule has 1 saturated carbocycles. The molecule has 0 saturated heterocycles. The number of hydrogen-bond acceptors (Lipinski definition) is 3. The standard InChI is InChI=1S/C22H26N4O/c1-14(2)26-21-19(12-23-26)18(22(27)25(4)13-16-9-10-16)11-20(24-21)17-8-6-5-7-15(17)3/h5-8,11-12,14,16H,9-10,13H2,1-4H3. The molecule has 0 spiro atoms. The topological polar surface area (TPSA) is 51.0 Å². The van der Waals surface area contributed by atoms with E-state index < -0.39 is 0 Å². The molecule has 2 heterocycles. The smallest absolute Gasteiger partial charge is 0.254 e. The van der Waals surface area contributed by atoms with Crippen LogP contribution in [0.2, 0.25) is 0 Å². The number of rotatable bonds is 5. The van der Waals surface area contributed by atoms with E-state index in [9.17, 15) is 4.79 Å². The van der Waals surface area contributed by atoms with Crippen LogP contribution in [0.25, 0.3) is 22.3 Å². The van der Waals surface area contributed by atoms with Crippen molar-refractivity contribution in [2.75, 3.05) is 13.6 Å². The Morgan fingerprint density at radius 3 is 2.70 bits per heavy atom. The van der Waals surface area contributed by atoms with Gasteiger partial charge in [-0.1, -0.05) is 24.3 Å². The minimum Gasteiger partial charge on any atom is -0.341 e. The van der Waals surface area contributed by atoms with E-state index in [0.29, 0.717) is 11.5 Å². The third-order valence-corrected chi connectivity index (χ3v) is 5.28. The number of aryl methyl sites for hydroxylation is 1. The molecule has 0 bridgehead atoms. The van der Waals surface area contributed by atoms with Gasteiger partial charge >= 0.3 is 0 Å². The van der Waals surface area contributed by atoms with E-state index in [2.05, 4.69) is 38.0 Å². The molecule has 5 nitrogen and oxygen atoms in total. The molecular weight excluding hydrogens is 336 g/mol. The Kier molecular flexibility index (Phi) is 4.46. The van der Waals surface area contributed by atoms with Crippen LogP contribution in [-0.2, 0) is 0 Å². The molecule has 3 aromatic rings. The van der Waals surface area contributed by atoms with Gasteiger partial charge in [0.05, 0.1) is 22.8 Å². The lowest BCUT2D eigenvalue weighted by Gasteiger charge is -2.18. The molecule has 1 fully saturated rings. The zero-order valence-corrected chi connectivity index (χ0v) is 16.4. The van der Waals surface area contributed by atoms with E-state index in [1.54, 1.807) is 6.20 Å². The molecule has 0 radical (unpaired) electrons. The van der Waals surface area contributed by atoms with Gasteiger partial charge in [0.15, 0.2) is 5.65 Å². The van der Waals surface area contributed by atoms with Crippen molar-refractivity contribution in [1.29, 1.82) is 0 Å². The van der Waals surface area contributed by atoms with E-state index in [4.69, 9.17) is 4.98 Å². The summed E-state index contributed by atoms with van der Waals surface area (Å²) >= 11 is 0. The molecule has 1 aliphatic rings. The van der Waals surface area contributed by atoms with Gasteiger partial charge < -0.3 is 4.90 Å². The highest BCUT2D eigenvalue weighted by Gasteiger charge is 2.27. The van der Waals surface area contributed by atoms with Crippen molar-refractivity contribution >= 4 is 16.9 Å². The van der Waals surface area contributed by atoms with Crippen LogP contribution in [0.15, 0.2) is 36.5 Å². The highest BCUT2D eigenvalue weighted by atomic mass is 16.2.